The summed E-state index contributed by atoms with van der Waals surface area (Å²) in [5, 5.41) is 4.67. The van der Waals surface area contributed by atoms with Gasteiger partial charge in [0.25, 0.3) is 0 Å². The van der Waals surface area contributed by atoms with Crippen molar-refractivity contribution in [1.82, 2.24) is 9.97 Å². The van der Waals surface area contributed by atoms with Gasteiger partial charge in [0.05, 0.1) is 5.39 Å². The van der Waals surface area contributed by atoms with Crippen LogP contribution in [0.25, 0.3) is 20.7 Å². The van der Waals surface area contributed by atoms with Gasteiger partial charge in [-0.25, -0.2) is 4.98 Å². The standard InChI is InChI=1S/C20H16ClN3S/c1-12-7-6-10-16(13(12)2)22-18-15-11-17(14-8-4-3-5-9-14)25-19(15)24-20(21)23-18/h3-11H,1-2H3,(H,22,23,24). The fraction of sp³-hybridized carbons (Fsp3) is 0.100. The Hall–Kier alpha value is -2.43. The smallest absolute Gasteiger partial charge is 0.225 e. The highest BCUT2D eigenvalue weighted by molar-refractivity contribution is 7.22. The highest BCUT2D eigenvalue weighted by Gasteiger charge is 2.13. The van der Waals surface area contributed by atoms with Crippen LogP contribution in [-0.2, 0) is 0 Å². The maximum absolute atomic E-state index is 6.16. The van der Waals surface area contributed by atoms with E-state index in [0.717, 1.165) is 26.6 Å². The van der Waals surface area contributed by atoms with Crippen molar-refractivity contribution in [3.8, 4) is 10.4 Å². The molecule has 0 spiro atoms. The third-order valence-corrected chi connectivity index (χ3v) is 5.53. The molecule has 0 unspecified atom stereocenters. The second-order valence-corrected chi connectivity index (χ2v) is 7.28. The van der Waals surface area contributed by atoms with Gasteiger partial charge < -0.3 is 5.32 Å². The molecule has 4 aromatic rings. The molecule has 0 aliphatic rings. The van der Waals surface area contributed by atoms with Gasteiger partial charge in [0.2, 0.25) is 5.28 Å². The number of fused-ring (bicyclic) bond motifs is 1. The van der Waals surface area contributed by atoms with E-state index in [-0.39, 0.29) is 5.28 Å². The highest BCUT2D eigenvalue weighted by atomic mass is 35.5. The Morgan fingerprint density at radius 3 is 2.56 bits per heavy atom. The summed E-state index contributed by atoms with van der Waals surface area (Å²) in [6, 6.07) is 18.6. The van der Waals surface area contributed by atoms with Gasteiger partial charge in [-0.15, -0.1) is 11.3 Å². The predicted molar refractivity (Wildman–Crippen MR) is 107 cm³/mol. The summed E-state index contributed by atoms with van der Waals surface area (Å²) in [6.45, 7) is 4.20. The molecule has 0 aliphatic heterocycles. The molecule has 1 N–H and O–H groups in total. The van der Waals surface area contributed by atoms with Gasteiger partial charge in [-0.1, -0.05) is 42.5 Å². The molecule has 2 heterocycles. The topological polar surface area (TPSA) is 37.8 Å². The molecule has 2 aromatic heterocycles. The Balaban J connectivity index is 1.83. The Kier molecular flexibility index (Phi) is 4.15. The van der Waals surface area contributed by atoms with Crippen molar-refractivity contribution in [1.29, 1.82) is 0 Å². The molecule has 0 amide bonds. The van der Waals surface area contributed by atoms with Crippen LogP contribution in [-0.4, -0.2) is 9.97 Å². The van der Waals surface area contributed by atoms with E-state index in [4.69, 9.17) is 11.6 Å². The number of hydrogen-bond donors (Lipinski definition) is 1. The van der Waals surface area contributed by atoms with Crippen molar-refractivity contribution in [2.75, 3.05) is 5.32 Å². The van der Waals surface area contributed by atoms with Crippen molar-refractivity contribution in [2.45, 2.75) is 13.8 Å². The summed E-state index contributed by atoms with van der Waals surface area (Å²) in [7, 11) is 0. The van der Waals surface area contributed by atoms with Crippen LogP contribution in [0.2, 0.25) is 5.28 Å². The molecular formula is C20H16ClN3S. The second kappa shape index (κ2) is 6.47. The summed E-state index contributed by atoms with van der Waals surface area (Å²) in [4.78, 5) is 10.9. The summed E-state index contributed by atoms with van der Waals surface area (Å²) in [5.41, 5.74) is 4.63. The van der Waals surface area contributed by atoms with E-state index < -0.39 is 0 Å². The van der Waals surface area contributed by atoms with E-state index in [1.807, 2.05) is 24.3 Å². The molecule has 0 fully saturated rings. The zero-order valence-electron chi connectivity index (χ0n) is 13.9. The first-order chi connectivity index (χ1) is 12.1. The number of aryl methyl sites for hydroxylation is 1. The van der Waals surface area contributed by atoms with Crippen LogP contribution < -0.4 is 5.32 Å². The lowest BCUT2D eigenvalue weighted by molar-refractivity contribution is 1.22. The third kappa shape index (κ3) is 3.11. The lowest BCUT2D eigenvalue weighted by Gasteiger charge is -2.11. The first-order valence-corrected chi connectivity index (χ1v) is 9.17. The van der Waals surface area contributed by atoms with Crippen molar-refractivity contribution < 1.29 is 0 Å². The molecule has 0 aliphatic carbocycles. The van der Waals surface area contributed by atoms with Gasteiger partial charge >= 0.3 is 0 Å². The number of nitrogens with one attached hydrogen (secondary N) is 1. The van der Waals surface area contributed by atoms with Gasteiger partial charge in [-0.2, -0.15) is 4.98 Å². The maximum Gasteiger partial charge on any atom is 0.225 e. The van der Waals surface area contributed by atoms with E-state index in [1.54, 1.807) is 11.3 Å². The van der Waals surface area contributed by atoms with Crippen molar-refractivity contribution in [2.24, 2.45) is 0 Å². The predicted octanol–water partition coefficient (Wildman–Crippen LogP) is 6.37. The number of aromatic nitrogens is 2. The fourth-order valence-corrected chi connectivity index (χ4v) is 4.01. The van der Waals surface area contributed by atoms with Crippen LogP contribution in [0.15, 0.2) is 54.6 Å². The Morgan fingerprint density at radius 1 is 0.960 bits per heavy atom. The molecular weight excluding hydrogens is 350 g/mol. The van der Waals surface area contributed by atoms with Crippen LogP contribution in [0.4, 0.5) is 11.5 Å². The van der Waals surface area contributed by atoms with Gasteiger partial charge in [0.1, 0.15) is 10.6 Å². The zero-order valence-corrected chi connectivity index (χ0v) is 15.4. The first kappa shape index (κ1) is 16.1. The third-order valence-electron chi connectivity index (χ3n) is 4.28. The van der Waals surface area contributed by atoms with E-state index in [2.05, 4.69) is 59.5 Å². The van der Waals surface area contributed by atoms with Crippen molar-refractivity contribution in [3.05, 3.63) is 71.0 Å². The van der Waals surface area contributed by atoms with Crippen LogP contribution >= 0.6 is 22.9 Å². The molecule has 5 heteroatoms. The maximum atomic E-state index is 6.16. The molecule has 3 nitrogen and oxygen atoms in total. The van der Waals surface area contributed by atoms with Crippen LogP contribution in [0.1, 0.15) is 11.1 Å². The van der Waals surface area contributed by atoms with Gasteiger partial charge in [-0.3, -0.25) is 0 Å². The Labute approximate surface area is 155 Å². The number of rotatable bonds is 3. The minimum Gasteiger partial charge on any atom is -0.339 e. The average Bonchev–Trinajstić information content (AvgIpc) is 3.04. The summed E-state index contributed by atoms with van der Waals surface area (Å²) in [6.07, 6.45) is 0. The molecule has 0 saturated heterocycles. The van der Waals surface area contributed by atoms with Crippen LogP contribution in [0.3, 0.4) is 0 Å². The zero-order chi connectivity index (χ0) is 17.4. The highest BCUT2D eigenvalue weighted by Crippen LogP contribution is 2.37. The Bertz CT molecular complexity index is 1060. The van der Waals surface area contributed by atoms with Gasteiger partial charge in [0.15, 0.2) is 0 Å². The normalized spacial score (nSPS) is 11.0. The number of hydrogen-bond acceptors (Lipinski definition) is 4. The number of anilines is 2. The number of nitrogens with zero attached hydrogens (tertiary/aromatic N) is 2. The summed E-state index contributed by atoms with van der Waals surface area (Å²) in [5.74, 6) is 0.738. The first-order valence-electron chi connectivity index (χ1n) is 7.97. The molecule has 0 atom stereocenters. The van der Waals surface area contributed by atoms with E-state index in [1.165, 1.54) is 16.7 Å². The Morgan fingerprint density at radius 2 is 1.76 bits per heavy atom. The van der Waals surface area contributed by atoms with Crippen molar-refractivity contribution in [3.63, 3.8) is 0 Å². The fourth-order valence-electron chi connectivity index (χ4n) is 2.75. The van der Waals surface area contributed by atoms with Crippen LogP contribution in [0.5, 0.6) is 0 Å². The molecule has 124 valence electrons. The average molecular weight is 366 g/mol. The SMILES string of the molecule is Cc1cccc(Nc2nc(Cl)nc3sc(-c4ccccc4)cc23)c1C. The van der Waals surface area contributed by atoms with Gasteiger partial charge in [0, 0.05) is 10.6 Å². The monoisotopic (exact) mass is 365 g/mol. The molecule has 0 bridgehead atoms. The quantitative estimate of drug-likeness (QED) is 0.428. The lowest BCUT2D eigenvalue weighted by Crippen LogP contribution is -1.98. The largest absolute Gasteiger partial charge is 0.339 e. The number of halogens is 1. The molecule has 4 rings (SSSR count). The summed E-state index contributed by atoms with van der Waals surface area (Å²) < 4.78 is 0. The van der Waals surface area contributed by atoms with E-state index >= 15 is 0 Å². The molecule has 25 heavy (non-hydrogen) atoms. The second-order valence-electron chi connectivity index (χ2n) is 5.91. The molecule has 0 radical (unpaired) electrons. The minimum absolute atomic E-state index is 0.252. The van der Waals surface area contributed by atoms with Crippen LogP contribution in [0, 0.1) is 13.8 Å². The van der Waals surface area contributed by atoms with E-state index in [0.29, 0.717) is 0 Å². The van der Waals surface area contributed by atoms with Crippen molar-refractivity contribution >= 4 is 44.7 Å². The van der Waals surface area contributed by atoms with E-state index in [9.17, 15) is 0 Å². The lowest BCUT2D eigenvalue weighted by atomic mass is 10.1. The van der Waals surface area contributed by atoms with Gasteiger partial charge in [-0.05, 0) is 54.3 Å². The summed E-state index contributed by atoms with van der Waals surface area (Å²) >= 11 is 7.78. The minimum atomic E-state index is 0.252. The molecule has 0 saturated carbocycles. The number of benzene rings is 2. The molecule has 2 aromatic carbocycles. The number of thiophene rings is 1.